The van der Waals surface area contributed by atoms with E-state index in [2.05, 4.69) is 24.9 Å². The number of hydrogen-bond donors (Lipinski definition) is 1. The van der Waals surface area contributed by atoms with E-state index in [9.17, 15) is 9.59 Å². The molecule has 31 heavy (non-hydrogen) atoms. The van der Waals surface area contributed by atoms with Crippen molar-refractivity contribution in [3.8, 4) is 5.75 Å². The Morgan fingerprint density at radius 2 is 1.84 bits per heavy atom. The first kappa shape index (κ1) is 19.7. The number of carbonyl (C=O) groups is 2. The molecule has 0 bridgehead atoms. The van der Waals surface area contributed by atoms with Crippen LogP contribution in [0.3, 0.4) is 0 Å². The number of amides is 2. The summed E-state index contributed by atoms with van der Waals surface area (Å²) < 4.78 is 5.66. The molecule has 0 aliphatic carbocycles. The topological polar surface area (TPSA) is 65.6 Å². The van der Waals surface area contributed by atoms with Crippen LogP contribution in [0.25, 0.3) is 10.9 Å². The predicted octanol–water partition coefficient (Wildman–Crippen LogP) is 3.52. The zero-order chi connectivity index (χ0) is 21.7. The maximum atomic E-state index is 13.5. The largest absolute Gasteiger partial charge is 0.496 e. The molecule has 1 aromatic heterocycles. The minimum atomic E-state index is -0.512. The number of aromatic amines is 1. The van der Waals surface area contributed by atoms with Crippen LogP contribution in [0.1, 0.15) is 36.7 Å². The van der Waals surface area contributed by atoms with E-state index in [0.717, 1.165) is 27.7 Å². The fourth-order valence-corrected chi connectivity index (χ4v) is 5.14. The summed E-state index contributed by atoms with van der Waals surface area (Å²) in [4.78, 5) is 34.1. The fourth-order valence-electron chi connectivity index (χ4n) is 5.14. The predicted molar refractivity (Wildman–Crippen MR) is 119 cm³/mol. The number of methoxy groups -OCH3 is 1. The molecule has 2 aromatic carbocycles. The molecular weight excluding hydrogens is 390 g/mol. The van der Waals surface area contributed by atoms with Gasteiger partial charge < -0.3 is 19.5 Å². The van der Waals surface area contributed by atoms with E-state index in [1.54, 1.807) is 16.9 Å². The number of fused-ring (bicyclic) bond motifs is 4. The third-order valence-corrected chi connectivity index (χ3v) is 6.36. The summed E-state index contributed by atoms with van der Waals surface area (Å²) in [7, 11) is 1.64. The summed E-state index contributed by atoms with van der Waals surface area (Å²) in [5.41, 5.74) is 3.99. The molecule has 6 nitrogen and oxygen atoms in total. The number of aromatic nitrogens is 1. The monoisotopic (exact) mass is 417 g/mol. The van der Waals surface area contributed by atoms with Gasteiger partial charge in [0.1, 0.15) is 17.8 Å². The van der Waals surface area contributed by atoms with Gasteiger partial charge in [0.15, 0.2) is 0 Å². The highest BCUT2D eigenvalue weighted by atomic mass is 16.5. The van der Waals surface area contributed by atoms with Gasteiger partial charge in [0.2, 0.25) is 11.8 Å². The number of para-hydroxylation sites is 2. The lowest BCUT2D eigenvalue weighted by atomic mass is 9.85. The second-order valence-electron chi connectivity index (χ2n) is 8.84. The van der Waals surface area contributed by atoms with Crippen LogP contribution < -0.4 is 4.74 Å². The Hall–Kier alpha value is -3.28. The molecular formula is C25H27N3O3. The number of H-pyrrole nitrogens is 1. The third-order valence-electron chi connectivity index (χ3n) is 6.36. The zero-order valence-electron chi connectivity index (χ0n) is 18.1. The molecule has 6 heteroatoms. The molecule has 1 fully saturated rings. The number of rotatable bonds is 4. The molecule has 1 N–H and O–H groups in total. The second-order valence-corrected chi connectivity index (χ2v) is 8.84. The number of piperazine rings is 1. The lowest BCUT2D eigenvalue weighted by Gasteiger charge is -2.47. The highest BCUT2D eigenvalue weighted by Gasteiger charge is 2.48. The Balaban J connectivity index is 1.71. The van der Waals surface area contributed by atoms with E-state index in [1.165, 1.54) is 0 Å². The van der Waals surface area contributed by atoms with E-state index < -0.39 is 12.1 Å². The molecule has 0 radical (unpaired) electrons. The van der Waals surface area contributed by atoms with Crippen molar-refractivity contribution in [3.05, 3.63) is 65.4 Å². The molecule has 2 amide bonds. The molecule has 2 atom stereocenters. The van der Waals surface area contributed by atoms with Crippen LogP contribution in [-0.4, -0.2) is 52.8 Å². The van der Waals surface area contributed by atoms with Crippen LogP contribution in [0.4, 0.5) is 0 Å². The second kappa shape index (κ2) is 7.45. The summed E-state index contributed by atoms with van der Waals surface area (Å²) in [6, 6.07) is 15.0. The molecule has 0 unspecified atom stereocenters. The van der Waals surface area contributed by atoms with Crippen molar-refractivity contribution in [2.45, 2.75) is 32.4 Å². The van der Waals surface area contributed by atoms with Crippen molar-refractivity contribution in [3.63, 3.8) is 0 Å². The van der Waals surface area contributed by atoms with Crippen molar-refractivity contribution >= 4 is 22.7 Å². The van der Waals surface area contributed by atoms with E-state index >= 15 is 0 Å². The molecule has 160 valence electrons. The van der Waals surface area contributed by atoms with Crippen LogP contribution in [0.15, 0.2) is 48.5 Å². The van der Waals surface area contributed by atoms with E-state index in [0.29, 0.717) is 24.6 Å². The van der Waals surface area contributed by atoms with Gasteiger partial charge in [0, 0.05) is 35.1 Å². The van der Waals surface area contributed by atoms with Crippen LogP contribution >= 0.6 is 0 Å². The minimum absolute atomic E-state index is 0.0227. The Morgan fingerprint density at radius 1 is 1.10 bits per heavy atom. The van der Waals surface area contributed by atoms with Gasteiger partial charge in [-0.1, -0.05) is 50.2 Å². The Morgan fingerprint density at radius 3 is 2.61 bits per heavy atom. The summed E-state index contributed by atoms with van der Waals surface area (Å²) in [5, 5.41) is 1.11. The summed E-state index contributed by atoms with van der Waals surface area (Å²) in [6.45, 7) is 4.85. The van der Waals surface area contributed by atoms with Crippen LogP contribution in [0.2, 0.25) is 0 Å². The SMILES string of the molecule is COc1ccccc1[C@H]1c2[nH]c3ccccc3c2C[C@H]2C(=O)N(CC(C)C)CC(=O)N12. The molecule has 0 saturated carbocycles. The maximum absolute atomic E-state index is 13.5. The van der Waals surface area contributed by atoms with Gasteiger partial charge in [-0.05, 0) is 23.6 Å². The summed E-state index contributed by atoms with van der Waals surface area (Å²) >= 11 is 0. The van der Waals surface area contributed by atoms with E-state index in [1.807, 2.05) is 42.5 Å². The Labute approximate surface area is 181 Å². The van der Waals surface area contributed by atoms with Gasteiger partial charge in [0.25, 0.3) is 0 Å². The molecule has 5 rings (SSSR count). The van der Waals surface area contributed by atoms with Gasteiger partial charge in [-0.2, -0.15) is 0 Å². The molecule has 1 saturated heterocycles. The minimum Gasteiger partial charge on any atom is -0.496 e. The van der Waals surface area contributed by atoms with E-state index in [4.69, 9.17) is 4.74 Å². The summed E-state index contributed by atoms with van der Waals surface area (Å²) in [6.07, 6.45) is 0.518. The van der Waals surface area contributed by atoms with Crippen molar-refractivity contribution < 1.29 is 14.3 Å². The van der Waals surface area contributed by atoms with Crippen LogP contribution in [0.5, 0.6) is 5.75 Å². The van der Waals surface area contributed by atoms with Crippen molar-refractivity contribution in [1.29, 1.82) is 0 Å². The van der Waals surface area contributed by atoms with Crippen LogP contribution in [0, 0.1) is 5.92 Å². The van der Waals surface area contributed by atoms with Gasteiger partial charge in [0.05, 0.1) is 13.7 Å². The Kier molecular flexibility index (Phi) is 4.73. The van der Waals surface area contributed by atoms with E-state index in [-0.39, 0.29) is 18.4 Å². The number of ether oxygens (including phenoxy) is 1. The standard InChI is InChI=1S/C25H27N3O3/c1-15(2)13-27-14-22(29)28-20(25(27)30)12-18-16-8-4-6-10-19(16)26-23(18)24(28)17-9-5-7-11-21(17)31-3/h4-11,15,20,24,26H,12-14H2,1-3H3/t20-,24-/m0/s1. The van der Waals surface area contributed by atoms with Crippen molar-refractivity contribution in [1.82, 2.24) is 14.8 Å². The molecule has 2 aliphatic heterocycles. The summed E-state index contributed by atoms with van der Waals surface area (Å²) in [5.74, 6) is 1.03. The van der Waals surface area contributed by atoms with Gasteiger partial charge in [-0.15, -0.1) is 0 Å². The fraction of sp³-hybridized carbons (Fsp3) is 0.360. The quantitative estimate of drug-likeness (QED) is 0.706. The maximum Gasteiger partial charge on any atom is 0.246 e. The first-order valence-corrected chi connectivity index (χ1v) is 10.8. The van der Waals surface area contributed by atoms with Gasteiger partial charge in [-0.25, -0.2) is 0 Å². The Bertz CT molecular complexity index is 1170. The average molecular weight is 418 g/mol. The smallest absolute Gasteiger partial charge is 0.246 e. The van der Waals surface area contributed by atoms with Crippen LogP contribution in [-0.2, 0) is 16.0 Å². The number of hydrogen-bond acceptors (Lipinski definition) is 3. The van der Waals surface area contributed by atoms with Gasteiger partial charge in [-0.3, -0.25) is 9.59 Å². The number of nitrogens with zero attached hydrogens (tertiary/aromatic N) is 2. The van der Waals surface area contributed by atoms with Crippen molar-refractivity contribution in [2.24, 2.45) is 5.92 Å². The average Bonchev–Trinajstić information content (AvgIpc) is 3.14. The first-order valence-electron chi connectivity index (χ1n) is 10.8. The molecule has 0 spiro atoms. The molecule has 2 aliphatic rings. The first-order chi connectivity index (χ1) is 15.0. The van der Waals surface area contributed by atoms with Crippen molar-refractivity contribution in [2.75, 3.05) is 20.2 Å². The normalized spacial score (nSPS) is 20.9. The number of benzene rings is 2. The number of carbonyl (C=O) groups excluding carboxylic acids is 2. The highest BCUT2D eigenvalue weighted by Crippen LogP contribution is 2.44. The third kappa shape index (κ3) is 3.09. The lowest BCUT2D eigenvalue weighted by molar-refractivity contribution is -0.159. The van der Waals surface area contributed by atoms with Gasteiger partial charge >= 0.3 is 0 Å². The zero-order valence-corrected chi connectivity index (χ0v) is 18.1. The molecule has 3 aromatic rings. The lowest BCUT2D eigenvalue weighted by Crippen LogP contribution is -2.63. The number of nitrogens with one attached hydrogen (secondary N) is 1. The molecule has 3 heterocycles. The highest BCUT2D eigenvalue weighted by molar-refractivity contribution is 5.97.